The van der Waals surface area contributed by atoms with E-state index in [2.05, 4.69) is 38.8 Å². The van der Waals surface area contributed by atoms with E-state index < -0.39 is 83.0 Å². The number of thioether (sulfide) groups is 2. The number of ether oxygens (including phenoxy) is 5. The molecule has 0 saturated carbocycles. The van der Waals surface area contributed by atoms with Gasteiger partial charge in [-0.2, -0.15) is 0 Å². The quantitative estimate of drug-likeness (QED) is 0.00836. The number of hydrogen-bond acceptors (Lipinski definition) is 17. The van der Waals surface area contributed by atoms with Gasteiger partial charge in [-0.15, -0.1) is 0 Å². The van der Waals surface area contributed by atoms with Gasteiger partial charge in [0.15, 0.2) is 6.10 Å². The van der Waals surface area contributed by atoms with Crippen LogP contribution in [0.5, 0.6) is 5.75 Å². The van der Waals surface area contributed by atoms with E-state index in [1.54, 1.807) is 75.4 Å². The number of esters is 1. The number of benzene rings is 5. The Hall–Kier alpha value is -9.30. The summed E-state index contributed by atoms with van der Waals surface area (Å²) in [6.45, 7) is 15.7. The van der Waals surface area contributed by atoms with Crippen molar-refractivity contribution in [3.05, 3.63) is 172 Å². The molecule has 8 amide bonds. The number of carbonyl (C=O) groups excluding carboxylic acids is 9. The van der Waals surface area contributed by atoms with Gasteiger partial charge in [-0.05, 0) is 148 Å². The third kappa shape index (κ3) is 24.9. The van der Waals surface area contributed by atoms with Crippen LogP contribution in [0.15, 0.2) is 165 Å². The maximum Gasteiger partial charge on any atom is 0.407 e. The number of hydrogen-bond donors (Lipinski definition) is 7. The van der Waals surface area contributed by atoms with E-state index in [1.165, 1.54) is 48.3 Å². The summed E-state index contributed by atoms with van der Waals surface area (Å²) in [4.78, 5) is 132. The van der Waals surface area contributed by atoms with E-state index in [9.17, 15) is 53.1 Å². The van der Waals surface area contributed by atoms with E-state index in [-0.39, 0.29) is 88.3 Å². The van der Waals surface area contributed by atoms with Crippen LogP contribution in [0.4, 0.5) is 16.2 Å². The van der Waals surface area contributed by atoms with Crippen molar-refractivity contribution in [2.75, 3.05) is 36.5 Å². The van der Waals surface area contributed by atoms with Crippen LogP contribution in [-0.4, -0.2) is 121 Å². The lowest BCUT2D eigenvalue weighted by atomic mass is 9.93. The van der Waals surface area contributed by atoms with Crippen LogP contribution in [0.2, 0.25) is 0 Å². The number of epoxide rings is 1. The maximum atomic E-state index is 13.9. The molecule has 7 rings (SSSR count). The largest absolute Gasteiger partial charge is 0.491 e. The second-order valence-electron chi connectivity index (χ2n) is 25.7. The van der Waals surface area contributed by atoms with Crippen LogP contribution < -0.4 is 41.5 Å². The molecule has 2 heterocycles. The van der Waals surface area contributed by atoms with Gasteiger partial charge in [0, 0.05) is 35.0 Å². The Balaban J connectivity index is 0.720. The number of anilines is 2. The van der Waals surface area contributed by atoms with Crippen LogP contribution in [0, 0.1) is 23.2 Å². The fourth-order valence-corrected chi connectivity index (χ4v) is 12.1. The molecule has 0 aromatic heterocycles. The molecule has 0 aliphatic carbocycles. The van der Waals surface area contributed by atoms with Crippen molar-refractivity contribution in [1.82, 2.24) is 26.6 Å². The fraction of sp³-hybridized carbons (Fsp3) is 0.405. The minimum absolute atomic E-state index is 0.00240. The Morgan fingerprint density at radius 1 is 0.677 bits per heavy atom. The number of carbonyl (C=O) groups is 10. The van der Waals surface area contributed by atoms with E-state index in [4.69, 9.17) is 23.7 Å². The number of allylic oxidation sites excluding steroid dienone is 1. The first-order valence-corrected chi connectivity index (χ1v) is 34.6. The van der Waals surface area contributed by atoms with E-state index in [0.717, 1.165) is 27.3 Å². The molecule has 99 heavy (non-hydrogen) atoms. The van der Waals surface area contributed by atoms with Gasteiger partial charge in [-0.3, -0.25) is 38.4 Å². The predicted molar refractivity (Wildman–Crippen MR) is 376 cm³/mol. The Labute approximate surface area is 586 Å². The molecule has 0 radical (unpaired) electrons. The number of imide groups is 1. The number of aliphatic carboxylic acids is 1. The van der Waals surface area contributed by atoms with Crippen LogP contribution in [0.25, 0.3) is 0 Å². The molecule has 1 saturated heterocycles. The lowest BCUT2D eigenvalue weighted by molar-refractivity contribution is -0.171. The molecule has 528 valence electrons. The summed E-state index contributed by atoms with van der Waals surface area (Å²) in [5.41, 5.74) is 2.18. The first kappa shape index (κ1) is 77.1. The Morgan fingerprint density at radius 3 is 1.88 bits per heavy atom. The number of nitrogens with one attached hydrogen (secondary N) is 6. The van der Waals surface area contributed by atoms with Crippen LogP contribution in [-0.2, 0) is 75.2 Å². The molecule has 7 atom stereocenters. The van der Waals surface area contributed by atoms with Gasteiger partial charge < -0.3 is 60.7 Å². The summed E-state index contributed by atoms with van der Waals surface area (Å²) < 4.78 is 28.7. The summed E-state index contributed by atoms with van der Waals surface area (Å²) in [5, 5.41) is 25.4. The van der Waals surface area contributed by atoms with E-state index in [1.807, 2.05) is 106 Å². The highest BCUT2D eigenvalue weighted by Crippen LogP contribution is 2.46. The topological polar surface area (TPSA) is 316 Å². The standard InChI is InChI=1S/C74H89N7O16S2/c1-45(2)38-58(71(89)90)96-72(91)74(8,9)44-78-61(84)41-75-59(82)23-17-16-18-47(5)64-65(97-64)52-28-24-50(25-29-52)40-77-73(92)94-43-51-26-30-53(31-27-51)79-62(85)42-76-68(86)63(46(3)4)80-60(83)39-49(7)93-37-36-48(6)95-55-34-32-54(33-35-55)81-69(87)66(98-56-19-12-10-13-20-56)67(70(81)88)99-57-21-14-11-15-22-57/h10-15,17,19-35,45-49,58,63-65H,16,18,36-44H2,1-9H3,(H,75,82)(H,76,86)(H,77,92)(H,78,84)(H,79,85)(H,80,83)(H,89,90)/b23-17+. The molecule has 25 heteroatoms. The first-order valence-electron chi connectivity index (χ1n) is 33.0. The Kier molecular flexibility index (Phi) is 29.3. The third-order valence-electron chi connectivity index (χ3n) is 15.9. The summed E-state index contributed by atoms with van der Waals surface area (Å²) in [5.74, 6) is -4.78. The second-order valence-corrected chi connectivity index (χ2v) is 27.8. The van der Waals surface area contributed by atoms with Crippen LogP contribution >= 0.6 is 23.5 Å². The monoisotopic (exact) mass is 1400 g/mol. The smallest absolute Gasteiger partial charge is 0.407 e. The normalized spacial score (nSPS) is 15.9. The van der Waals surface area contributed by atoms with Crippen LogP contribution in [0.1, 0.15) is 117 Å². The van der Waals surface area contributed by atoms with Crippen molar-refractivity contribution >= 4 is 94.3 Å². The highest BCUT2D eigenvalue weighted by Gasteiger charge is 2.44. The number of carboxylic acids is 1. The summed E-state index contributed by atoms with van der Waals surface area (Å²) in [6.07, 6.45) is 2.28. The predicted octanol–water partition coefficient (Wildman–Crippen LogP) is 10.3. The SMILES string of the molecule is CC(C)CC(OC(=O)C(C)(C)CNC(=O)CNC(=O)/C=C/CCC(C)C1OC1c1ccc(CNC(=O)OCc2ccc(NC(=O)CNC(=O)C(NC(=O)CC(C)OCCC(C)Oc3ccc(N4C(=O)C(Sc5ccccc5)=C(Sc5ccccc5)C4=O)cc3)C(C)C)cc2)cc1)C(=O)O. The lowest BCUT2D eigenvalue weighted by Gasteiger charge is -2.25. The summed E-state index contributed by atoms with van der Waals surface area (Å²) in [6, 6.07) is 39.1. The molecule has 5 aromatic carbocycles. The van der Waals surface area contributed by atoms with E-state index >= 15 is 0 Å². The van der Waals surface area contributed by atoms with Gasteiger partial charge in [-0.25, -0.2) is 14.5 Å². The molecule has 7 N–H and O–H groups in total. The van der Waals surface area contributed by atoms with Gasteiger partial charge in [-0.1, -0.05) is 137 Å². The van der Waals surface area contributed by atoms with Gasteiger partial charge in [0.2, 0.25) is 29.5 Å². The van der Waals surface area contributed by atoms with Crippen molar-refractivity contribution in [3.63, 3.8) is 0 Å². The van der Waals surface area contributed by atoms with Crippen molar-refractivity contribution in [1.29, 1.82) is 0 Å². The molecule has 23 nitrogen and oxygen atoms in total. The highest BCUT2D eigenvalue weighted by molar-refractivity contribution is 8.08. The Morgan fingerprint density at radius 2 is 1.28 bits per heavy atom. The molecule has 2 aliphatic rings. The molecule has 5 aromatic rings. The van der Waals surface area contributed by atoms with Gasteiger partial charge >= 0.3 is 18.0 Å². The number of nitrogens with zero attached hydrogens (tertiary/aromatic N) is 1. The summed E-state index contributed by atoms with van der Waals surface area (Å²) >= 11 is 2.53. The Bertz CT molecular complexity index is 3600. The zero-order valence-corrected chi connectivity index (χ0v) is 58.8. The molecule has 2 aliphatic heterocycles. The third-order valence-corrected chi connectivity index (χ3v) is 18.2. The summed E-state index contributed by atoms with van der Waals surface area (Å²) in [7, 11) is 0. The van der Waals surface area contributed by atoms with Gasteiger partial charge in [0.1, 0.15) is 24.5 Å². The van der Waals surface area contributed by atoms with Gasteiger partial charge in [0.05, 0.1) is 65.3 Å². The van der Waals surface area contributed by atoms with Crippen LogP contribution in [0.3, 0.4) is 0 Å². The molecule has 0 bridgehead atoms. The van der Waals surface area contributed by atoms with Gasteiger partial charge in [0.25, 0.3) is 11.8 Å². The van der Waals surface area contributed by atoms with Crippen molar-refractivity contribution < 1.29 is 76.7 Å². The molecule has 7 unspecified atom stereocenters. The number of amides is 8. The highest BCUT2D eigenvalue weighted by atomic mass is 32.2. The zero-order valence-electron chi connectivity index (χ0n) is 57.2. The average Bonchev–Trinajstić information content (AvgIpc) is 1.62. The molecule has 1 fully saturated rings. The number of rotatable bonds is 38. The maximum absolute atomic E-state index is 13.9. The zero-order chi connectivity index (χ0) is 71.8. The lowest BCUT2D eigenvalue weighted by Crippen LogP contribution is -2.51. The molecular formula is C74H89N7O16S2. The minimum atomic E-state index is -1.29. The number of alkyl carbamates (subject to hydrolysis) is 1. The van der Waals surface area contributed by atoms with Crippen molar-refractivity contribution in [2.45, 2.75) is 154 Å². The molecular weight excluding hydrogens is 1310 g/mol. The first-order chi connectivity index (χ1) is 47.2. The number of carboxylic acid groups (broad SMARTS) is 1. The second kappa shape index (κ2) is 37.6. The van der Waals surface area contributed by atoms with E-state index in [0.29, 0.717) is 45.3 Å². The minimum Gasteiger partial charge on any atom is -0.491 e. The van der Waals surface area contributed by atoms with Crippen molar-refractivity contribution in [3.8, 4) is 5.75 Å². The van der Waals surface area contributed by atoms with Crippen molar-refractivity contribution in [2.24, 2.45) is 23.2 Å². The average molecular weight is 1400 g/mol. The fourth-order valence-electron chi connectivity index (χ4n) is 10.1. The molecule has 0 spiro atoms.